The van der Waals surface area contributed by atoms with Crippen molar-refractivity contribution in [3.63, 3.8) is 0 Å². The topological polar surface area (TPSA) is 92.3 Å². The number of sulfone groups is 1. The molecule has 154 valence electrons. The molecule has 0 aliphatic carbocycles. The summed E-state index contributed by atoms with van der Waals surface area (Å²) >= 11 is 0. The summed E-state index contributed by atoms with van der Waals surface area (Å²) in [5.74, 6) is 2.48. The van der Waals surface area contributed by atoms with Crippen molar-refractivity contribution in [3.05, 3.63) is 18.2 Å². The number of nitrogens with zero attached hydrogens (tertiary/aromatic N) is 2. The molecule has 0 unspecified atom stereocenters. The predicted octanol–water partition coefficient (Wildman–Crippen LogP) is 1.43. The lowest BCUT2D eigenvalue weighted by Gasteiger charge is -2.26. The van der Waals surface area contributed by atoms with Crippen LogP contribution in [0, 0.1) is 0 Å². The molecule has 0 spiro atoms. The molecule has 1 heterocycles. The molecule has 8 nitrogen and oxygen atoms in total. The Balaban J connectivity index is 0.00000364. The summed E-state index contributed by atoms with van der Waals surface area (Å²) in [5.41, 5.74) is 0.836. The summed E-state index contributed by atoms with van der Waals surface area (Å²) in [5, 5.41) is 6.45. The molecule has 0 saturated carbocycles. The first-order valence-corrected chi connectivity index (χ1v) is 10.5. The second kappa shape index (κ2) is 11.5. The number of rotatable bonds is 7. The van der Waals surface area contributed by atoms with Gasteiger partial charge in [0, 0.05) is 45.0 Å². The minimum atomic E-state index is -2.84. The number of aliphatic imine (C=N–C) groups is 1. The smallest absolute Gasteiger partial charge is 0.195 e. The zero-order valence-corrected chi connectivity index (χ0v) is 19.2. The maximum absolute atomic E-state index is 11.5. The molecule has 0 atom stereocenters. The van der Waals surface area contributed by atoms with Gasteiger partial charge >= 0.3 is 0 Å². The van der Waals surface area contributed by atoms with Crippen molar-refractivity contribution in [2.24, 2.45) is 4.99 Å². The highest BCUT2D eigenvalue weighted by molar-refractivity contribution is 14.0. The Labute approximate surface area is 178 Å². The first kappa shape index (κ1) is 23.8. The number of guanidine groups is 1. The fraction of sp³-hybridized carbons (Fsp3) is 0.588. The van der Waals surface area contributed by atoms with E-state index < -0.39 is 9.84 Å². The van der Waals surface area contributed by atoms with E-state index >= 15 is 0 Å². The van der Waals surface area contributed by atoms with E-state index in [0.717, 1.165) is 12.2 Å². The average molecular weight is 512 g/mol. The van der Waals surface area contributed by atoms with Crippen LogP contribution in [0.5, 0.6) is 11.5 Å². The lowest BCUT2D eigenvalue weighted by Crippen LogP contribution is -2.44. The van der Waals surface area contributed by atoms with Gasteiger partial charge in [0.1, 0.15) is 0 Å². The van der Waals surface area contributed by atoms with E-state index in [2.05, 4.69) is 20.5 Å². The van der Waals surface area contributed by atoms with Gasteiger partial charge in [0.05, 0.1) is 25.2 Å². The van der Waals surface area contributed by atoms with Crippen molar-refractivity contribution in [1.29, 1.82) is 0 Å². The van der Waals surface area contributed by atoms with Gasteiger partial charge in [-0.3, -0.25) is 9.89 Å². The van der Waals surface area contributed by atoms with Crippen molar-refractivity contribution < 1.29 is 17.9 Å². The Bertz CT molecular complexity index is 714. The van der Waals surface area contributed by atoms with E-state index in [1.165, 1.54) is 0 Å². The number of hydrogen-bond donors (Lipinski definition) is 2. The van der Waals surface area contributed by atoms with Crippen molar-refractivity contribution in [1.82, 2.24) is 10.2 Å². The van der Waals surface area contributed by atoms with Crippen LogP contribution in [0.25, 0.3) is 0 Å². The average Bonchev–Trinajstić information content (AvgIpc) is 2.63. The molecule has 1 fully saturated rings. The molecule has 1 aromatic carbocycles. The van der Waals surface area contributed by atoms with E-state index in [0.29, 0.717) is 43.7 Å². The standard InChI is InChI=1S/C17H28N4O4S.HI/c1-4-25-15-6-5-14(13-16(15)24-3)20-17(18-2)19-7-8-21-9-11-26(22,23)12-10-21;/h5-6,13H,4,7-12H2,1-3H3,(H2,18,19,20);1H. The number of benzene rings is 1. The van der Waals surface area contributed by atoms with Crippen molar-refractivity contribution in [3.8, 4) is 11.5 Å². The van der Waals surface area contributed by atoms with Crippen LogP contribution in [-0.4, -0.2) is 77.7 Å². The third kappa shape index (κ3) is 7.70. The molecule has 1 aliphatic rings. The van der Waals surface area contributed by atoms with Crippen molar-refractivity contribution in [2.75, 3.05) is 63.8 Å². The van der Waals surface area contributed by atoms with Gasteiger partial charge in [-0.15, -0.1) is 24.0 Å². The summed E-state index contributed by atoms with van der Waals surface area (Å²) in [7, 11) is 0.471. The lowest BCUT2D eigenvalue weighted by molar-refractivity contribution is 0.300. The first-order chi connectivity index (χ1) is 12.5. The second-order valence-electron chi connectivity index (χ2n) is 5.92. The van der Waals surface area contributed by atoms with Gasteiger partial charge in [-0.1, -0.05) is 0 Å². The Morgan fingerprint density at radius 3 is 2.56 bits per heavy atom. The Kier molecular flexibility index (Phi) is 10.2. The first-order valence-electron chi connectivity index (χ1n) is 8.68. The van der Waals surface area contributed by atoms with Crippen LogP contribution in [0.3, 0.4) is 0 Å². The molecule has 0 amide bonds. The van der Waals surface area contributed by atoms with E-state index in [9.17, 15) is 8.42 Å². The monoisotopic (exact) mass is 512 g/mol. The number of anilines is 1. The molecule has 10 heteroatoms. The largest absolute Gasteiger partial charge is 0.493 e. The zero-order chi connectivity index (χ0) is 19.0. The second-order valence-corrected chi connectivity index (χ2v) is 8.22. The van der Waals surface area contributed by atoms with Crippen LogP contribution < -0.4 is 20.1 Å². The molecular weight excluding hydrogens is 483 g/mol. The Morgan fingerprint density at radius 1 is 1.26 bits per heavy atom. The zero-order valence-electron chi connectivity index (χ0n) is 16.0. The van der Waals surface area contributed by atoms with Crippen LogP contribution in [0.4, 0.5) is 5.69 Å². The van der Waals surface area contributed by atoms with Gasteiger partial charge in [-0.05, 0) is 19.1 Å². The predicted molar refractivity (Wildman–Crippen MR) is 120 cm³/mol. The van der Waals surface area contributed by atoms with Gasteiger partial charge in [-0.2, -0.15) is 0 Å². The van der Waals surface area contributed by atoms with E-state index in [1.807, 2.05) is 25.1 Å². The number of hydrogen-bond acceptors (Lipinski definition) is 6. The minimum Gasteiger partial charge on any atom is -0.493 e. The minimum absolute atomic E-state index is 0. The van der Waals surface area contributed by atoms with Gasteiger partial charge in [0.15, 0.2) is 27.3 Å². The summed E-state index contributed by atoms with van der Waals surface area (Å²) in [6.07, 6.45) is 0. The molecule has 0 bridgehead atoms. The Morgan fingerprint density at radius 2 is 1.96 bits per heavy atom. The van der Waals surface area contributed by atoms with Gasteiger partial charge in [0.25, 0.3) is 0 Å². The molecule has 0 radical (unpaired) electrons. The lowest BCUT2D eigenvalue weighted by atomic mass is 10.2. The molecule has 2 N–H and O–H groups in total. The fourth-order valence-electron chi connectivity index (χ4n) is 2.64. The number of ether oxygens (including phenoxy) is 2. The van der Waals surface area contributed by atoms with Gasteiger partial charge in [0.2, 0.25) is 0 Å². The van der Waals surface area contributed by atoms with Gasteiger partial charge in [-0.25, -0.2) is 8.42 Å². The highest BCUT2D eigenvalue weighted by atomic mass is 127. The summed E-state index contributed by atoms with van der Waals surface area (Å²) in [6.45, 7) is 5.12. The highest BCUT2D eigenvalue weighted by Crippen LogP contribution is 2.30. The number of nitrogens with one attached hydrogen (secondary N) is 2. The maximum atomic E-state index is 11.5. The SMILES string of the molecule is CCOc1ccc(NC(=NC)NCCN2CCS(=O)(=O)CC2)cc1OC.I. The summed E-state index contributed by atoms with van der Waals surface area (Å²) in [6, 6.07) is 5.61. The van der Waals surface area contributed by atoms with E-state index in [-0.39, 0.29) is 35.5 Å². The summed E-state index contributed by atoms with van der Waals surface area (Å²) in [4.78, 5) is 6.35. The van der Waals surface area contributed by atoms with Crippen LogP contribution in [0.1, 0.15) is 6.92 Å². The molecule has 27 heavy (non-hydrogen) atoms. The molecular formula is C17H29IN4O4S. The van der Waals surface area contributed by atoms with Crippen molar-refractivity contribution >= 4 is 45.5 Å². The van der Waals surface area contributed by atoms with Crippen LogP contribution >= 0.6 is 24.0 Å². The molecule has 1 aromatic rings. The van der Waals surface area contributed by atoms with Gasteiger partial charge < -0.3 is 20.1 Å². The maximum Gasteiger partial charge on any atom is 0.195 e. The normalized spacial score (nSPS) is 16.9. The van der Waals surface area contributed by atoms with Crippen molar-refractivity contribution in [2.45, 2.75) is 6.92 Å². The highest BCUT2D eigenvalue weighted by Gasteiger charge is 2.20. The molecule has 0 aromatic heterocycles. The number of methoxy groups -OCH3 is 1. The molecule has 2 rings (SSSR count). The van der Waals surface area contributed by atoms with Crippen LogP contribution in [0.2, 0.25) is 0 Å². The molecule has 1 aliphatic heterocycles. The summed E-state index contributed by atoms with van der Waals surface area (Å²) < 4.78 is 33.8. The van der Waals surface area contributed by atoms with Crippen LogP contribution in [-0.2, 0) is 9.84 Å². The van der Waals surface area contributed by atoms with Crippen LogP contribution in [0.15, 0.2) is 23.2 Å². The third-order valence-electron chi connectivity index (χ3n) is 4.11. The molecule has 1 saturated heterocycles. The quantitative estimate of drug-likeness (QED) is 0.325. The van der Waals surface area contributed by atoms with E-state index in [4.69, 9.17) is 9.47 Å². The third-order valence-corrected chi connectivity index (χ3v) is 5.72. The number of halogens is 1. The Hall–Kier alpha value is -1.27. The fourth-order valence-corrected chi connectivity index (χ4v) is 3.92. The van der Waals surface area contributed by atoms with E-state index in [1.54, 1.807) is 14.2 Å².